The Bertz CT molecular complexity index is 1150. The lowest BCUT2D eigenvalue weighted by molar-refractivity contribution is 0.0930. The van der Waals surface area contributed by atoms with Gasteiger partial charge in [0.15, 0.2) is 5.69 Å². The van der Waals surface area contributed by atoms with Crippen LogP contribution in [0.2, 0.25) is 0 Å². The minimum absolute atomic E-state index is 0.187. The molecule has 2 aromatic carbocycles. The lowest BCUT2D eigenvalue weighted by Crippen LogP contribution is -2.31. The van der Waals surface area contributed by atoms with Gasteiger partial charge in [0.05, 0.1) is 23.4 Å². The molecule has 6 nitrogen and oxygen atoms in total. The van der Waals surface area contributed by atoms with Crippen LogP contribution in [0.15, 0.2) is 82.2 Å². The molecule has 27 heavy (non-hydrogen) atoms. The zero-order chi connectivity index (χ0) is 18.8. The highest BCUT2D eigenvalue weighted by atomic mass is 16.3. The second-order valence-corrected chi connectivity index (χ2v) is 6.16. The number of fused-ring (bicyclic) bond motifs is 1. The van der Waals surface area contributed by atoms with Crippen LogP contribution in [0.1, 0.15) is 29.2 Å². The van der Waals surface area contributed by atoms with Gasteiger partial charge in [-0.15, -0.1) is 0 Å². The first-order valence-electron chi connectivity index (χ1n) is 8.57. The number of rotatable bonds is 4. The lowest BCUT2D eigenvalue weighted by Gasteiger charge is -2.14. The smallest absolute Gasteiger partial charge is 0.279 e. The number of amides is 1. The Balaban J connectivity index is 1.83. The lowest BCUT2D eigenvalue weighted by atomic mass is 10.1. The molecule has 2 heterocycles. The molecule has 1 unspecified atom stereocenters. The Morgan fingerprint density at radius 2 is 1.70 bits per heavy atom. The fourth-order valence-electron chi connectivity index (χ4n) is 2.98. The molecule has 0 aliphatic heterocycles. The third kappa shape index (κ3) is 3.13. The van der Waals surface area contributed by atoms with Crippen molar-refractivity contribution >= 4 is 16.7 Å². The first-order valence-corrected chi connectivity index (χ1v) is 8.57. The zero-order valence-corrected chi connectivity index (χ0v) is 14.6. The fraction of sp³-hybridized carbons (Fsp3) is 0.0952. The second kappa shape index (κ2) is 6.92. The quantitative estimate of drug-likeness (QED) is 0.605. The average molecular weight is 359 g/mol. The number of nitrogens with one attached hydrogen (secondary N) is 1. The van der Waals surface area contributed by atoms with Gasteiger partial charge in [-0.1, -0.05) is 36.4 Å². The van der Waals surface area contributed by atoms with E-state index in [1.807, 2.05) is 25.1 Å². The van der Waals surface area contributed by atoms with E-state index in [2.05, 4.69) is 10.4 Å². The number of furan rings is 1. The molecule has 4 rings (SSSR count). The van der Waals surface area contributed by atoms with Gasteiger partial charge in [-0.25, -0.2) is 0 Å². The maximum absolute atomic E-state index is 12.9. The summed E-state index contributed by atoms with van der Waals surface area (Å²) in [5, 5.41) is 8.19. The van der Waals surface area contributed by atoms with Crippen molar-refractivity contribution in [3.8, 4) is 5.69 Å². The Morgan fingerprint density at radius 1 is 1.00 bits per heavy atom. The van der Waals surface area contributed by atoms with E-state index in [1.54, 1.807) is 54.8 Å². The minimum Gasteiger partial charge on any atom is -0.467 e. The molecule has 134 valence electrons. The van der Waals surface area contributed by atoms with E-state index in [4.69, 9.17) is 4.42 Å². The number of nitrogens with zero attached hydrogens (tertiary/aromatic N) is 2. The van der Waals surface area contributed by atoms with Crippen LogP contribution < -0.4 is 10.9 Å². The molecule has 1 N–H and O–H groups in total. The van der Waals surface area contributed by atoms with Crippen molar-refractivity contribution in [2.75, 3.05) is 0 Å². The van der Waals surface area contributed by atoms with Crippen LogP contribution in [0.3, 0.4) is 0 Å². The molecular weight excluding hydrogens is 342 g/mol. The summed E-state index contributed by atoms with van der Waals surface area (Å²) in [6.45, 7) is 1.83. The van der Waals surface area contributed by atoms with Crippen LogP contribution in [0.25, 0.3) is 16.5 Å². The Hall–Kier alpha value is -3.67. The largest absolute Gasteiger partial charge is 0.467 e. The summed E-state index contributed by atoms with van der Waals surface area (Å²) in [5.74, 6) is 0.267. The number of benzene rings is 2. The van der Waals surface area contributed by atoms with Gasteiger partial charge in [0, 0.05) is 5.39 Å². The molecule has 0 aliphatic rings. The zero-order valence-electron chi connectivity index (χ0n) is 14.6. The van der Waals surface area contributed by atoms with Crippen LogP contribution in [-0.2, 0) is 0 Å². The maximum atomic E-state index is 12.9. The number of carbonyl (C=O) groups is 1. The summed E-state index contributed by atoms with van der Waals surface area (Å²) >= 11 is 0. The number of hydrogen-bond donors (Lipinski definition) is 1. The molecule has 0 aliphatic carbocycles. The molecule has 2 aromatic heterocycles. The highest BCUT2D eigenvalue weighted by Gasteiger charge is 2.20. The third-order valence-corrected chi connectivity index (χ3v) is 4.34. The highest BCUT2D eigenvalue weighted by Crippen LogP contribution is 2.17. The number of para-hydroxylation sites is 1. The van der Waals surface area contributed by atoms with Crippen LogP contribution >= 0.6 is 0 Å². The van der Waals surface area contributed by atoms with Gasteiger partial charge >= 0.3 is 0 Å². The summed E-state index contributed by atoms with van der Waals surface area (Å²) < 4.78 is 6.60. The van der Waals surface area contributed by atoms with Gasteiger partial charge < -0.3 is 9.73 Å². The minimum atomic E-state index is -0.375. The predicted octanol–water partition coefficient (Wildman–Crippen LogP) is 3.47. The van der Waals surface area contributed by atoms with Crippen molar-refractivity contribution in [2.45, 2.75) is 13.0 Å². The normalized spacial score (nSPS) is 12.0. The van der Waals surface area contributed by atoms with Gasteiger partial charge in [-0.05, 0) is 37.3 Å². The first kappa shape index (κ1) is 16.8. The summed E-state index contributed by atoms with van der Waals surface area (Å²) in [5.41, 5.74) is 0.515. The first-order chi connectivity index (χ1) is 13.1. The number of carbonyl (C=O) groups excluding carboxylic acids is 1. The second-order valence-electron chi connectivity index (χ2n) is 6.16. The molecule has 1 amide bonds. The Labute approximate surface area is 155 Å². The third-order valence-electron chi connectivity index (χ3n) is 4.34. The van der Waals surface area contributed by atoms with Gasteiger partial charge in [0.25, 0.3) is 11.5 Å². The van der Waals surface area contributed by atoms with Gasteiger partial charge in [-0.2, -0.15) is 9.78 Å². The summed E-state index contributed by atoms with van der Waals surface area (Å²) in [7, 11) is 0. The average Bonchev–Trinajstić information content (AvgIpc) is 3.24. The fourth-order valence-corrected chi connectivity index (χ4v) is 2.98. The molecule has 0 fully saturated rings. The Kier molecular flexibility index (Phi) is 4.30. The standard InChI is InChI=1S/C21H17N3O3/c1-14(18-12-7-13-27-18)22-20(25)19-16-10-5-6-11-17(16)21(26)24(23-19)15-8-3-2-4-9-15/h2-14H,1H3,(H,22,25). The number of aromatic nitrogens is 2. The summed E-state index contributed by atoms with van der Waals surface area (Å²) in [6.07, 6.45) is 1.56. The molecule has 0 radical (unpaired) electrons. The van der Waals surface area contributed by atoms with Crippen molar-refractivity contribution in [3.05, 3.63) is 94.8 Å². The van der Waals surface area contributed by atoms with Crippen molar-refractivity contribution in [1.29, 1.82) is 0 Å². The van der Waals surface area contributed by atoms with Crippen LogP contribution in [-0.4, -0.2) is 15.7 Å². The molecule has 1 atom stereocenters. The predicted molar refractivity (Wildman–Crippen MR) is 102 cm³/mol. The van der Waals surface area contributed by atoms with Crippen molar-refractivity contribution in [3.63, 3.8) is 0 Å². The van der Waals surface area contributed by atoms with E-state index in [-0.39, 0.29) is 23.2 Å². The van der Waals surface area contributed by atoms with Gasteiger partial charge in [0.1, 0.15) is 5.76 Å². The molecular formula is C21H17N3O3. The van der Waals surface area contributed by atoms with Crippen LogP contribution in [0.4, 0.5) is 0 Å². The Morgan fingerprint density at radius 3 is 2.41 bits per heavy atom. The molecule has 4 aromatic rings. The molecule has 0 saturated carbocycles. The van der Waals surface area contributed by atoms with E-state index in [0.29, 0.717) is 22.2 Å². The summed E-state index contributed by atoms with van der Waals surface area (Å²) in [6, 6.07) is 19.2. The van der Waals surface area contributed by atoms with E-state index >= 15 is 0 Å². The van der Waals surface area contributed by atoms with Crippen molar-refractivity contribution in [2.24, 2.45) is 0 Å². The van der Waals surface area contributed by atoms with E-state index in [9.17, 15) is 9.59 Å². The van der Waals surface area contributed by atoms with Crippen molar-refractivity contribution < 1.29 is 9.21 Å². The highest BCUT2D eigenvalue weighted by molar-refractivity contribution is 6.05. The van der Waals surface area contributed by atoms with Gasteiger partial charge in [-0.3, -0.25) is 9.59 Å². The van der Waals surface area contributed by atoms with E-state index < -0.39 is 0 Å². The van der Waals surface area contributed by atoms with Crippen LogP contribution in [0.5, 0.6) is 0 Å². The van der Waals surface area contributed by atoms with E-state index in [0.717, 1.165) is 0 Å². The topological polar surface area (TPSA) is 77.1 Å². The number of hydrogen-bond acceptors (Lipinski definition) is 4. The van der Waals surface area contributed by atoms with Gasteiger partial charge in [0.2, 0.25) is 0 Å². The summed E-state index contributed by atoms with van der Waals surface area (Å²) in [4.78, 5) is 25.8. The molecule has 0 bridgehead atoms. The molecule has 6 heteroatoms. The van der Waals surface area contributed by atoms with Crippen molar-refractivity contribution in [1.82, 2.24) is 15.1 Å². The molecule has 0 spiro atoms. The van der Waals surface area contributed by atoms with Crippen LogP contribution in [0, 0.1) is 0 Å². The molecule has 0 saturated heterocycles. The monoisotopic (exact) mass is 359 g/mol. The van der Waals surface area contributed by atoms with E-state index in [1.165, 1.54) is 4.68 Å². The SMILES string of the molecule is CC(NC(=O)c1nn(-c2ccccc2)c(=O)c2ccccc12)c1ccco1. The maximum Gasteiger partial charge on any atom is 0.279 e.